The van der Waals surface area contributed by atoms with E-state index in [1.165, 1.54) is 11.0 Å². The van der Waals surface area contributed by atoms with E-state index in [2.05, 4.69) is 6.58 Å². The van der Waals surface area contributed by atoms with E-state index in [1.54, 1.807) is 0 Å². The molecule has 0 aromatic carbocycles. The molecule has 2 N–H and O–H groups in total. The molecule has 0 aromatic heterocycles. The average molecular weight is 243 g/mol. The van der Waals surface area contributed by atoms with Crippen molar-refractivity contribution in [2.45, 2.75) is 18.9 Å². The highest BCUT2D eigenvalue weighted by Gasteiger charge is 2.30. The molecule has 1 aliphatic heterocycles. The second-order valence-corrected chi connectivity index (χ2v) is 4.04. The van der Waals surface area contributed by atoms with Crippen LogP contribution in [0.25, 0.3) is 0 Å². The van der Waals surface area contributed by atoms with Crippen molar-refractivity contribution < 1.29 is 24.5 Å². The number of rotatable bonds is 3. The van der Waals surface area contributed by atoms with Gasteiger partial charge in [-0.1, -0.05) is 12.7 Å². The molecule has 0 aromatic rings. The Labute approximate surface area is 99.5 Å². The molecule has 1 aliphatic rings. The van der Waals surface area contributed by atoms with Crippen LogP contribution in [-0.4, -0.2) is 53.0 Å². The first-order chi connectivity index (χ1) is 8.04. The van der Waals surface area contributed by atoms with E-state index in [-0.39, 0.29) is 19.7 Å². The number of carboxylic acids is 1. The second-order valence-electron chi connectivity index (χ2n) is 4.04. The van der Waals surface area contributed by atoms with Crippen LogP contribution in [0.4, 0.5) is 4.79 Å². The highest BCUT2D eigenvalue weighted by atomic mass is 16.6. The molecule has 17 heavy (non-hydrogen) atoms. The largest absolute Gasteiger partial charge is 0.481 e. The second kappa shape index (κ2) is 6.24. The molecule has 96 valence electrons. The minimum atomic E-state index is -0.958. The smallest absolute Gasteiger partial charge is 0.410 e. The summed E-state index contributed by atoms with van der Waals surface area (Å²) in [6.07, 6.45) is 0.859. The number of aliphatic hydroxyl groups excluding tert-OH is 1. The zero-order valence-electron chi connectivity index (χ0n) is 9.54. The molecule has 0 saturated carbocycles. The van der Waals surface area contributed by atoms with Gasteiger partial charge in [0.05, 0.1) is 12.0 Å². The molecule has 6 heteroatoms. The van der Waals surface area contributed by atoms with Crippen molar-refractivity contribution in [3.8, 4) is 0 Å². The molecule has 1 amide bonds. The monoisotopic (exact) mass is 243 g/mol. The fraction of sp³-hybridized carbons (Fsp3) is 0.636. The predicted octanol–water partition coefficient (Wildman–Crippen LogP) is 0.467. The third-order valence-corrected chi connectivity index (χ3v) is 2.65. The van der Waals surface area contributed by atoms with Crippen LogP contribution in [0.15, 0.2) is 12.7 Å². The number of nitrogens with zero attached hydrogens (tertiary/aromatic N) is 1. The van der Waals surface area contributed by atoms with Crippen LogP contribution in [0.1, 0.15) is 12.8 Å². The maximum Gasteiger partial charge on any atom is 0.410 e. The van der Waals surface area contributed by atoms with Crippen molar-refractivity contribution in [3.63, 3.8) is 0 Å². The van der Waals surface area contributed by atoms with Gasteiger partial charge in [0.15, 0.2) is 0 Å². The number of amides is 1. The SMILES string of the molecule is C=CCOC(=O)N1C[C@H](O)CC[C@H](C(=O)O)C1. The predicted molar refractivity (Wildman–Crippen MR) is 59.5 cm³/mol. The van der Waals surface area contributed by atoms with Gasteiger partial charge in [-0.2, -0.15) is 0 Å². The van der Waals surface area contributed by atoms with Crippen LogP contribution >= 0.6 is 0 Å². The van der Waals surface area contributed by atoms with Crippen molar-refractivity contribution in [1.29, 1.82) is 0 Å². The average Bonchev–Trinajstić information content (AvgIpc) is 2.48. The van der Waals surface area contributed by atoms with Crippen molar-refractivity contribution in [3.05, 3.63) is 12.7 Å². The van der Waals surface area contributed by atoms with Gasteiger partial charge in [-0.3, -0.25) is 4.79 Å². The number of carbonyl (C=O) groups is 2. The third kappa shape index (κ3) is 4.07. The number of aliphatic carboxylic acids is 1. The van der Waals surface area contributed by atoms with E-state index in [0.717, 1.165) is 0 Å². The number of hydrogen-bond acceptors (Lipinski definition) is 4. The summed E-state index contributed by atoms with van der Waals surface area (Å²) in [5.41, 5.74) is 0. The zero-order valence-corrected chi connectivity index (χ0v) is 9.54. The van der Waals surface area contributed by atoms with Gasteiger partial charge in [0.1, 0.15) is 6.61 Å². The molecule has 0 unspecified atom stereocenters. The summed E-state index contributed by atoms with van der Waals surface area (Å²) >= 11 is 0. The molecule has 0 aliphatic carbocycles. The number of likely N-dealkylation sites (tertiary alicyclic amines) is 1. The zero-order chi connectivity index (χ0) is 12.8. The van der Waals surface area contributed by atoms with Gasteiger partial charge in [0.25, 0.3) is 0 Å². The summed E-state index contributed by atoms with van der Waals surface area (Å²) in [7, 11) is 0. The van der Waals surface area contributed by atoms with Gasteiger partial charge in [-0.15, -0.1) is 0 Å². The van der Waals surface area contributed by atoms with E-state index in [1.807, 2.05) is 0 Å². The molecule has 0 radical (unpaired) electrons. The van der Waals surface area contributed by atoms with Crippen LogP contribution < -0.4 is 0 Å². The van der Waals surface area contributed by atoms with Crippen molar-refractivity contribution in [2.24, 2.45) is 5.92 Å². The van der Waals surface area contributed by atoms with Crippen molar-refractivity contribution in [2.75, 3.05) is 19.7 Å². The van der Waals surface area contributed by atoms with Gasteiger partial charge >= 0.3 is 12.1 Å². The van der Waals surface area contributed by atoms with E-state index < -0.39 is 24.1 Å². The van der Waals surface area contributed by atoms with Gasteiger partial charge in [-0.05, 0) is 12.8 Å². The lowest BCUT2D eigenvalue weighted by molar-refractivity contribution is -0.142. The number of aliphatic hydroxyl groups is 1. The Morgan fingerprint density at radius 2 is 2.12 bits per heavy atom. The Morgan fingerprint density at radius 1 is 1.41 bits per heavy atom. The number of β-amino-alcohol motifs (C(OH)–C–C–N with tert-alkyl or cyclic N) is 1. The van der Waals surface area contributed by atoms with Crippen molar-refractivity contribution >= 4 is 12.1 Å². The third-order valence-electron chi connectivity index (χ3n) is 2.65. The molecule has 2 atom stereocenters. The number of carboxylic acid groups (broad SMARTS) is 1. The molecule has 6 nitrogen and oxygen atoms in total. The molecule has 0 spiro atoms. The maximum atomic E-state index is 11.6. The molecule has 0 bridgehead atoms. The number of carbonyl (C=O) groups excluding carboxylic acids is 1. The van der Waals surface area contributed by atoms with Crippen LogP contribution in [0, 0.1) is 5.92 Å². The fourth-order valence-corrected chi connectivity index (χ4v) is 1.74. The van der Waals surface area contributed by atoms with Crippen molar-refractivity contribution in [1.82, 2.24) is 4.90 Å². The molecular weight excluding hydrogens is 226 g/mol. The molecule has 1 heterocycles. The first kappa shape index (κ1) is 13.5. The summed E-state index contributed by atoms with van der Waals surface area (Å²) in [4.78, 5) is 23.7. The molecular formula is C11H17NO5. The molecule has 1 rings (SSSR count). The Morgan fingerprint density at radius 3 is 2.71 bits per heavy atom. The number of ether oxygens (including phenoxy) is 1. The van der Waals surface area contributed by atoms with Gasteiger partial charge < -0.3 is 19.8 Å². The van der Waals surface area contributed by atoms with Crippen LogP contribution in [0.2, 0.25) is 0 Å². The maximum absolute atomic E-state index is 11.6. The minimum absolute atomic E-state index is 0.0718. The van der Waals surface area contributed by atoms with Crippen LogP contribution in [0.3, 0.4) is 0 Å². The normalized spacial score (nSPS) is 24.9. The molecule has 1 saturated heterocycles. The Balaban J connectivity index is 2.64. The summed E-state index contributed by atoms with van der Waals surface area (Å²) in [6.45, 7) is 3.67. The van der Waals surface area contributed by atoms with Gasteiger partial charge in [0, 0.05) is 13.1 Å². The Bertz CT molecular complexity index is 304. The van der Waals surface area contributed by atoms with E-state index >= 15 is 0 Å². The standard InChI is InChI=1S/C11H17NO5/c1-2-5-17-11(16)12-6-8(10(14)15)3-4-9(13)7-12/h2,8-9,13H,1,3-7H2,(H,14,15)/t8-,9+/m0/s1. The lowest BCUT2D eigenvalue weighted by Gasteiger charge is -2.22. The van der Waals surface area contributed by atoms with Crippen LogP contribution in [0.5, 0.6) is 0 Å². The first-order valence-corrected chi connectivity index (χ1v) is 5.48. The lowest BCUT2D eigenvalue weighted by Crippen LogP contribution is -2.39. The quantitative estimate of drug-likeness (QED) is 0.703. The van der Waals surface area contributed by atoms with Crippen LogP contribution in [-0.2, 0) is 9.53 Å². The molecule has 1 fully saturated rings. The highest BCUT2D eigenvalue weighted by Crippen LogP contribution is 2.17. The minimum Gasteiger partial charge on any atom is -0.481 e. The topological polar surface area (TPSA) is 87.1 Å². The Kier molecular flexibility index (Phi) is 4.96. The fourth-order valence-electron chi connectivity index (χ4n) is 1.74. The lowest BCUT2D eigenvalue weighted by atomic mass is 10.0. The highest BCUT2D eigenvalue weighted by molar-refractivity contribution is 5.73. The first-order valence-electron chi connectivity index (χ1n) is 5.48. The number of hydrogen-bond donors (Lipinski definition) is 2. The summed E-state index contributed by atoms with van der Waals surface area (Å²) in [6, 6.07) is 0. The van der Waals surface area contributed by atoms with Gasteiger partial charge in [-0.25, -0.2) is 4.79 Å². The van der Waals surface area contributed by atoms with Gasteiger partial charge in [0.2, 0.25) is 0 Å². The Hall–Kier alpha value is -1.56. The van der Waals surface area contributed by atoms with E-state index in [0.29, 0.717) is 12.8 Å². The summed E-state index contributed by atoms with van der Waals surface area (Å²) in [5, 5.41) is 18.5. The summed E-state index contributed by atoms with van der Waals surface area (Å²) in [5.74, 6) is -1.61. The summed E-state index contributed by atoms with van der Waals surface area (Å²) < 4.78 is 4.83. The van der Waals surface area contributed by atoms with E-state index in [4.69, 9.17) is 9.84 Å². The van der Waals surface area contributed by atoms with E-state index in [9.17, 15) is 14.7 Å².